The summed E-state index contributed by atoms with van der Waals surface area (Å²) in [5.74, 6) is -2.26. The van der Waals surface area contributed by atoms with Crippen LogP contribution in [0.3, 0.4) is 0 Å². The number of aryl methyl sites for hydroxylation is 3. The summed E-state index contributed by atoms with van der Waals surface area (Å²) >= 11 is 5.89. The molecule has 1 amide bonds. The van der Waals surface area contributed by atoms with Crippen molar-refractivity contribution in [2.75, 3.05) is 6.61 Å². The summed E-state index contributed by atoms with van der Waals surface area (Å²) < 4.78 is 19.7. The van der Waals surface area contributed by atoms with E-state index >= 15 is 0 Å². The van der Waals surface area contributed by atoms with E-state index in [4.69, 9.17) is 21.3 Å². The first-order valence-corrected chi connectivity index (χ1v) is 12.4. The number of nitrogens with one attached hydrogen (secondary N) is 1. The molecule has 8 heteroatoms. The quantitative estimate of drug-likeness (QED) is 0.503. The number of rotatable bonds is 10. The molecule has 1 aromatic carbocycles. The number of aromatic nitrogens is 1. The van der Waals surface area contributed by atoms with Crippen LogP contribution in [0.25, 0.3) is 0 Å². The summed E-state index contributed by atoms with van der Waals surface area (Å²) in [5.41, 5.74) is 3.49. The van der Waals surface area contributed by atoms with Crippen LogP contribution in [0.5, 0.6) is 0 Å². The number of carboxylic acids is 1. The molecule has 0 unspecified atom stereocenters. The monoisotopic (exact) mass is 488 g/mol. The number of pyridine rings is 1. The lowest BCUT2D eigenvalue weighted by molar-refractivity contribution is -0.140. The summed E-state index contributed by atoms with van der Waals surface area (Å²) in [6.07, 6.45) is 8.85. The fourth-order valence-electron chi connectivity index (χ4n) is 4.72. The van der Waals surface area contributed by atoms with E-state index in [2.05, 4.69) is 17.4 Å². The van der Waals surface area contributed by atoms with E-state index in [0.717, 1.165) is 44.6 Å². The minimum absolute atomic E-state index is 0.0658. The van der Waals surface area contributed by atoms with E-state index in [1.807, 2.05) is 0 Å². The van der Waals surface area contributed by atoms with Crippen LogP contribution < -0.4 is 5.32 Å². The highest BCUT2D eigenvalue weighted by Gasteiger charge is 2.30. The zero-order valence-electron chi connectivity index (χ0n) is 19.1. The van der Waals surface area contributed by atoms with E-state index in [9.17, 15) is 19.1 Å². The molecule has 0 saturated heterocycles. The molecule has 182 valence electrons. The Morgan fingerprint density at radius 1 is 1.21 bits per heavy atom. The number of fused-ring (bicyclic) bond motifs is 1. The van der Waals surface area contributed by atoms with Crippen molar-refractivity contribution in [1.29, 1.82) is 0 Å². The Labute approximate surface area is 203 Å². The van der Waals surface area contributed by atoms with Crippen molar-refractivity contribution in [1.82, 2.24) is 10.3 Å². The number of carboxylic acid groups (broad SMARTS) is 1. The highest BCUT2D eigenvalue weighted by molar-refractivity contribution is 6.33. The van der Waals surface area contributed by atoms with Crippen LogP contribution in [0.4, 0.5) is 4.39 Å². The molecule has 1 fully saturated rings. The maximum Gasteiger partial charge on any atom is 0.326 e. The van der Waals surface area contributed by atoms with Gasteiger partial charge in [0.2, 0.25) is 0 Å². The largest absolute Gasteiger partial charge is 0.480 e. The van der Waals surface area contributed by atoms with Gasteiger partial charge in [0.05, 0.1) is 16.7 Å². The lowest BCUT2D eigenvalue weighted by atomic mass is 9.79. The number of carbonyl (C=O) groups excluding carboxylic acids is 1. The maximum absolute atomic E-state index is 13.9. The Kier molecular flexibility index (Phi) is 8.16. The molecule has 1 saturated carbocycles. The molecule has 2 aliphatic carbocycles. The number of hydrogen-bond acceptors (Lipinski definition) is 4. The fourth-order valence-corrected chi connectivity index (χ4v) is 4.97. The normalized spacial score (nSPS) is 20.2. The first-order valence-electron chi connectivity index (χ1n) is 12.0. The molecule has 0 bridgehead atoms. The predicted molar refractivity (Wildman–Crippen MR) is 127 cm³/mol. The van der Waals surface area contributed by atoms with E-state index in [1.165, 1.54) is 41.9 Å². The van der Waals surface area contributed by atoms with Crippen molar-refractivity contribution in [3.05, 3.63) is 63.7 Å². The van der Waals surface area contributed by atoms with Crippen molar-refractivity contribution >= 4 is 23.5 Å². The second-order valence-corrected chi connectivity index (χ2v) is 9.64. The van der Waals surface area contributed by atoms with Gasteiger partial charge in [-0.1, -0.05) is 23.7 Å². The third kappa shape index (κ3) is 6.13. The number of ether oxygens (including phenoxy) is 1. The number of hydrogen-bond donors (Lipinski definition) is 2. The van der Waals surface area contributed by atoms with E-state index < -0.39 is 23.7 Å². The third-order valence-electron chi connectivity index (χ3n) is 6.79. The lowest BCUT2D eigenvalue weighted by Crippen LogP contribution is -2.42. The molecule has 1 heterocycles. The summed E-state index contributed by atoms with van der Waals surface area (Å²) in [5, 5.41) is 11.7. The molecule has 6 nitrogen and oxygen atoms in total. The zero-order chi connectivity index (χ0) is 24.1. The van der Waals surface area contributed by atoms with Crippen molar-refractivity contribution in [2.45, 2.75) is 69.9 Å². The Hall–Kier alpha value is -2.51. The van der Waals surface area contributed by atoms with Gasteiger partial charge in [0.25, 0.3) is 5.91 Å². The second kappa shape index (κ2) is 11.3. The highest BCUT2D eigenvalue weighted by Crippen LogP contribution is 2.34. The van der Waals surface area contributed by atoms with Crippen LogP contribution in [-0.2, 0) is 28.8 Å². The van der Waals surface area contributed by atoms with Gasteiger partial charge in [-0.25, -0.2) is 9.18 Å². The number of halogens is 2. The van der Waals surface area contributed by atoms with Gasteiger partial charge in [0, 0.05) is 24.4 Å². The molecule has 0 radical (unpaired) electrons. The smallest absolute Gasteiger partial charge is 0.326 e. The number of aliphatic carboxylic acids is 1. The van der Waals surface area contributed by atoms with Crippen molar-refractivity contribution in [3.8, 4) is 0 Å². The zero-order valence-corrected chi connectivity index (χ0v) is 19.8. The number of nitrogens with zero attached hydrogens (tertiary/aromatic N) is 1. The molecule has 0 aliphatic heterocycles. The third-order valence-corrected chi connectivity index (χ3v) is 7.11. The Balaban J connectivity index is 1.17. The molecule has 2 aromatic rings. The number of benzene rings is 1. The van der Waals surface area contributed by atoms with Crippen LogP contribution >= 0.6 is 11.6 Å². The summed E-state index contributed by atoms with van der Waals surface area (Å²) in [6.45, 7) is 0.200. The Morgan fingerprint density at radius 2 is 2.00 bits per heavy atom. The molecule has 4 rings (SSSR count). The molecule has 1 aromatic heterocycles. The SMILES string of the molecule is O=C(N[C@@H](CCOC1CC(CCc2ccc3c(n2)CCCC3)C1)C(=O)O)c1c(F)cccc1Cl. The van der Waals surface area contributed by atoms with Crippen LogP contribution in [0.15, 0.2) is 30.3 Å². The first-order chi connectivity index (χ1) is 16.4. The topological polar surface area (TPSA) is 88.5 Å². The van der Waals surface area contributed by atoms with Crippen molar-refractivity contribution < 1.29 is 23.8 Å². The van der Waals surface area contributed by atoms with Crippen LogP contribution in [-0.4, -0.2) is 40.7 Å². The number of amides is 1. The molecular formula is C26H30ClFN2O4. The molecular weight excluding hydrogens is 459 g/mol. The molecule has 1 atom stereocenters. The first kappa shape index (κ1) is 24.6. The van der Waals surface area contributed by atoms with Gasteiger partial charge in [-0.2, -0.15) is 0 Å². The molecule has 2 aliphatic rings. The van der Waals surface area contributed by atoms with Gasteiger partial charge in [-0.15, -0.1) is 0 Å². The average Bonchev–Trinajstić information content (AvgIpc) is 2.78. The van der Waals surface area contributed by atoms with Crippen molar-refractivity contribution in [2.24, 2.45) is 5.92 Å². The van der Waals surface area contributed by atoms with Crippen LogP contribution in [0.2, 0.25) is 5.02 Å². The summed E-state index contributed by atoms with van der Waals surface area (Å²) in [7, 11) is 0. The lowest BCUT2D eigenvalue weighted by Gasteiger charge is -2.35. The molecule has 0 spiro atoms. The maximum atomic E-state index is 13.9. The fraction of sp³-hybridized carbons (Fsp3) is 0.500. The van der Waals surface area contributed by atoms with Crippen LogP contribution in [0, 0.1) is 11.7 Å². The van der Waals surface area contributed by atoms with E-state index in [1.54, 1.807) is 0 Å². The van der Waals surface area contributed by atoms with Gasteiger partial charge >= 0.3 is 5.97 Å². The van der Waals surface area contributed by atoms with Gasteiger partial charge in [0.15, 0.2) is 0 Å². The van der Waals surface area contributed by atoms with Crippen molar-refractivity contribution in [3.63, 3.8) is 0 Å². The van der Waals surface area contributed by atoms with Gasteiger partial charge in [-0.05, 0) is 81.0 Å². The molecule has 34 heavy (non-hydrogen) atoms. The Morgan fingerprint density at radius 3 is 2.76 bits per heavy atom. The van der Waals surface area contributed by atoms with Gasteiger partial charge < -0.3 is 15.2 Å². The highest BCUT2D eigenvalue weighted by atomic mass is 35.5. The summed E-state index contributed by atoms with van der Waals surface area (Å²) in [4.78, 5) is 28.7. The van der Waals surface area contributed by atoms with Gasteiger partial charge in [-0.3, -0.25) is 9.78 Å². The predicted octanol–water partition coefficient (Wildman–Crippen LogP) is 4.75. The van der Waals surface area contributed by atoms with Crippen LogP contribution in [0.1, 0.15) is 65.8 Å². The van der Waals surface area contributed by atoms with Gasteiger partial charge in [0.1, 0.15) is 11.9 Å². The second-order valence-electron chi connectivity index (χ2n) is 9.23. The Bertz CT molecular complexity index is 1020. The number of carbonyl (C=O) groups is 2. The molecule has 2 N–H and O–H groups in total. The van der Waals surface area contributed by atoms with E-state index in [-0.39, 0.29) is 29.7 Å². The standard InChI is InChI=1S/C26H30ClFN2O4/c27-20-5-3-6-21(28)24(20)25(31)30-23(26(32)33)12-13-34-19-14-16(15-19)8-10-18-11-9-17-4-1-2-7-22(17)29-18/h3,5-6,9,11,16,19,23H,1-2,4,7-8,10,12-15H2,(H,30,31)(H,32,33)/t16?,19?,23-/m0/s1. The summed E-state index contributed by atoms with van der Waals surface area (Å²) in [6, 6.07) is 7.08. The minimum atomic E-state index is -1.20. The average molecular weight is 489 g/mol. The van der Waals surface area contributed by atoms with E-state index in [0.29, 0.717) is 5.92 Å². The minimum Gasteiger partial charge on any atom is -0.480 e.